The first kappa shape index (κ1) is 25.7. The minimum absolute atomic E-state index is 0.000203. The predicted molar refractivity (Wildman–Crippen MR) is 143 cm³/mol. The van der Waals surface area contributed by atoms with Gasteiger partial charge < -0.3 is 14.8 Å². The molecule has 9 heteroatoms. The van der Waals surface area contributed by atoms with E-state index in [-0.39, 0.29) is 23.8 Å². The first-order valence-corrected chi connectivity index (χ1v) is 14.5. The summed E-state index contributed by atoms with van der Waals surface area (Å²) in [5.41, 5.74) is 2.44. The number of thiophene rings is 1. The molecule has 7 nitrogen and oxygen atoms in total. The lowest BCUT2D eigenvalue weighted by atomic mass is 9.95. The maximum Gasteiger partial charge on any atom is 0.225 e. The summed E-state index contributed by atoms with van der Waals surface area (Å²) in [6.07, 6.45) is 6.56. The molecule has 2 saturated heterocycles. The molecule has 2 fully saturated rings. The number of halogens is 1. The topological polar surface area (TPSA) is 70.5 Å². The fourth-order valence-electron chi connectivity index (χ4n) is 6.72. The summed E-state index contributed by atoms with van der Waals surface area (Å²) in [4.78, 5) is 35.1. The highest BCUT2D eigenvalue weighted by molar-refractivity contribution is 7.16. The summed E-state index contributed by atoms with van der Waals surface area (Å²) < 4.78 is 3.28. The van der Waals surface area contributed by atoms with Crippen LogP contribution in [0.1, 0.15) is 87.0 Å². The smallest absolute Gasteiger partial charge is 0.225 e. The molecule has 5 rings (SSSR count). The van der Waals surface area contributed by atoms with Crippen LogP contribution >= 0.6 is 22.9 Å². The van der Waals surface area contributed by atoms with E-state index in [1.165, 1.54) is 18.5 Å². The van der Waals surface area contributed by atoms with E-state index >= 15 is 0 Å². The number of rotatable bonds is 7. The van der Waals surface area contributed by atoms with E-state index in [4.69, 9.17) is 16.6 Å². The predicted octanol–water partition coefficient (Wildman–Crippen LogP) is 4.88. The Morgan fingerprint density at radius 1 is 1.19 bits per heavy atom. The maximum atomic E-state index is 12.5. The zero-order valence-electron chi connectivity index (χ0n) is 21.8. The molecule has 2 aromatic heterocycles. The summed E-state index contributed by atoms with van der Waals surface area (Å²) >= 11 is 7.74. The SMILES string of the molecule is CC(=O)N[C@@H](CCN1[C@@H]2CC[C@H]1C[C@@H](n1c(C)nc3c1CCN(C(=O)C(C)C)C3)C2)c1ccc(Cl)s1. The van der Waals surface area contributed by atoms with Crippen LogP contribution < -0.4 is 5.32 Å². The van der Waals surface area contributed by atoms with Gasteiger partial charge in [0.15, 0.2) is 0 Å². The number of hydrogen-bond acceptors (Lipinski definition) is 5. The van der Waals surface area contributed by atoms with Crippen LogP contribution in [0.4, 0.5) is 0 Å². The quantitative estimate of drug-likeness (QED) is 0.552. The Balaban J connectivity index is 1.26. The average molecular weight is 532 g/mol. The Labute approximate surface area is 223 Å². The van der Waals surface area contributed by atoms with Crippen LogP contribution in [0, 0.1) is 12.8 Å². The Bertz CT molecular complexity index is 1110. The van der Waals surface area contributed by atoms with Gasteiger partial charge in [-0.05, 0) is 51.2 Å². The van der Waals surface area contributed by atoms with Gasteiger partial charge in [-0.25, -0.2) is 4.98 Å². The van der Waals surface area contributed by atoms with Crippen LogP contribution in [0.15, 0.2) is 12.1 Å². The molecule has 1 N–H and O–H groups in total. The lowest BCUT2D eigenvalue weighted by Gasteiger charge is -2.41. The van der Waals surface area contributed by atoms with E-state index in [1.807, 2.05) is 30.9 Å². The van der Waals surface area contributed by atoms with Gasteiger partial charge in [0.25, 0.3) is 0 Å². The van der Waals surface area contributed by atoms with Gasteiger partial charge in [-0.2, -0.15) is 0 Å². The molecule has 2 bridgehead atoms. The fourth-order valence-corrected chi connectivity index (χ4v) is 7.87. The molecule has 2 amide bonds. The number of aryl methyl sites for hydroxylation is 1. The molecule has 4 atom stereocenters. The van der Waals surface area contributed by atoms with Gasteiger partial charge in [0.2, 0.25) is 11.8 Å². The number of nitrogens with zero attached hydrogens (tertiary/aromatic N) is 4. The van der Waals surface area contributed by atoms with Crippen molar-refractivity contribution in [1.82, 2.24) is 24.7 Å². The van der Waals surface area contributed by atoms with Crippen molar-refractivity contribution in [3.63, 3.8) is 0 Å². The van der Waals surface area contributed by atoms with Crippen LogP contribution in [-0.2, 0) is 22.6 Å². The van der Waals surface area contributed by atoms with E-state index in [0.717, 1.165) is 59.5 Å². The highest BCUT2D eigenvalue weighted by Crippen LogP contribution is 2.43. The molecule has 2 aromatic rings. The number of aromatic nitrogens is 2. The summed E-state index contributed by atoms with van der Waals surface area (Å²) in [5.74, 6) is 1.34. The van der Waals surface area contributed by atoms with Gasteiger partial charge in [-0.3, -0.25) is 14.5 Å². The largest absolute Gasteiger partial charge is 0.349 e. The van der Waals surface area contributed by atoms with Crippen LogP contribution in [0.5, 0.6) is 0 Å². The molecule has 0 radical (unpaired) electrons. The molecule has 5 heterocycles. The van der Waals surface area contributed by atoms with E-state index in [2.05, 4.69) is 21.7 Å². The van der Waals surface area contributed by atoms with Crippen molar-refractivity contribution in [2.45, 2.75) is 96.9 Å². The van der Waals surface area contributed by atoms with Gasteiger partial charge in [-0.15, -0.1) is 11.3 Å². The van der Waals surface area contributed by atoms with E-state index in [9.17, 15) is 9.59 Å². The van der Waals surface area contributed by atoms with Crippen molar-refractivity contribution in [3.8, 4) is 0 Å². The first-order chi connectivity index (χ1) is 17.2. The number of fused-ring (bicyclic) bond motifs is 3. The van der Waals surface area contributed by atoms with Crippen molar-refractivity contribution >= 4 is 34.8 Å². The minimum atomic E-state index is 0.000203. The summed E-state index contributed by atoms with van der Waals surface area (Å²) in [6, 6.07) is 5.57. The van der Waals surface area contributed by atoms with Gasteiger partial charge in [0.1, 0.15) is 5.82 Å². The Morgan fingerprint density at radius 2 is 1.92 bits per heavy atom. The second kappa shape index (κ2) is 10.5. The average Bonchev–Trinajstić information content (AvgIpc) is 3.47. The summed E-state index contributed by atoms with van der Waals surface area (Å²) in [7, 11) is 0. The Hall–Kier alpha value is -1.90. The maximum absolute atomic E-state index is 12.5. The molecule has 0 spiro atoms. The third-order valence-corrected chi connectivity index (χ3v) is 9.59. The highest BCUT2D eigenvalue weighted by Gasteiger charge is 2.42. The zero-order valence-corrected chi connectivity index (χ0v) is 23.4. The standard InChI is InChI=1S/C27H38ClN5O2S/c1-16(2)27(35)31-11-10-24-23(15-31)29-17(3)33(24)21-13-19-5-6-20(14-21)32(19)12-9-22(30-18(4)34)25-7-8-26(28)36-25/h7-8,16,19-22H,5-6,9-15H2,1-4H3,(H,30,34)/t19-,20+,21+,22-/m0/s1. The lowest BCUT2D eigenvalue weighted by Crippen LogP contribution is -2.45. The highest BCUT2D eigenvalue weighted by atomic mass is 35.5. The molecule has 0 unspecified atom stereocenters. The molecule has 36 heavy (non-hydrogen) atoms. The van der Waals surface area contributed by atoms with E-state index < -0.39 is 0 Å². The number of imidazole rings is 1. The number of hydrogen-bond donors (Lipinski definition) is 1. The Morgan fingerprint density at radius 3 is 2.53 bits per heavy atom. The number of piperidine rings is 1. The van der Waals surface area contributed by atoms with Gasteiger partial charge in [0, 0.05) is 61.0 Å². The third-order valence-electron chi connectivity index (χ3n) is 8.25. The number of carbonyl (C=O) groups excluding carboxylic acids is 2. The first-order valence-electron chi connectivity index (χ1n) is 13.3. The van der Waals surface area contributed by atoms with Gasteiger partial charge >= 0.3 is 0 Å². The van der Waals surface area contributed by atoms with Gasteiger partial charge in [0.05, 0.1) is 22.6 Å². The minimum Gasteiger partial charge on any atom is -0.349 e. The molecule has 3 aliphatic heterocycles. The summed E-state index contributed by atoms with van der Waals surface area (Å²) in [6.45, 7) is 10.1. The fraction of sp³-hybridized carbons (Fsp3) is 0.667. The van der Waals surface area contributed by atoms with Crippen LogP contribution in [0.25, 0.3) is 0 Å². The van der Waals surface area contributed by atoms with Crippen molar-refractivity contribution in [1.29, 1.82) is 0 Å². The van der Waals surface area contributed by atoms with E-state index in [0.29, 0.717) is 24.7 Å². The molecule has 0 aliphatic carbocycles. The van der Waals surface area contributed by atoms with Crippen molar-refractivity contribution < 1.29 is 9.59 Å². The number of nitrogens with one attached hydrogen (secondary N) is 1. The second-order valence-electron chi connectivity index (χ2n) is 11.0. The molecule has 3 aliphatic rings. The number of amides is 2. The monoisotopic (exact) mass is 531 g/mol. The van der Waals surface area contributed by atoms with Crippen LogP contribution in [-0.4, -0.2) is 56.3 Å². The van der Waals surface area contributed by atoms with Crippen LogP contribution in [0.3, 0.4) is 0 Å². The lowest BCUT2D eigenvalue weighted by molar-refractivity contribution is -0.135. The van der Waals surface area contributed by atoms with Crippen molar-refractivity contribution in [2.75, 3.05) is 13.1 Å². The molecule has 0 aromatic carbocycles. The van der Waals surface area contributed by atoms with Crippen LogP contribution in [0.2, 0.25) is 4.34 Å². The van der Waals surface area contributed by atoms with Crippen molar-refractivity contribution in [3.05, 3.63) is 38.6 Å². The zero-order chi connectivity index (χ0) is 25.6. The van der Waals surface area contributed by atoms with Gasteiger partial charge in [-0.1, -0.05) is 25.4 Å². The second-order valence-corrected chi connectivity index (χ2v) is 12.8. The molecule has 0 saturated carbocycles. The number of carbonyl (C=O) groups is 2. The Kier molecular flexibility index (Phi) is 7.48. The molecular formula is C27H38ClN5O2S. The normalized spacial score (nSPS) is 24.7. The molecular weight excluding hydrogens is 494 g/mol. The van der Waals surface area contributed by atoms with Crippen molar-refractivity contribution in [2.24, 2.45) is 5.92 Å². The van der Waals surface area contributed by atoms with E-state index in [1.54, 1.807) is 18.3 Å². The third kappa shape index (κ3) is 5.09. The summed E-state index contributed by atoms with van der Waals surface area (Å²) in [5, 5.41) is 3.14. The molecule has 196 valence electrons.